The van der Waals surface area contributed by atoms with E-state index in [2.05, 4.69) is 0 Å². The molecule has 0 amide bonds. The van der Waals surface area contributed by atoms with Crippen LogP contribution in [0.2, 0.25) is 0 Å². The lowest BCUT2D eigenvalue weighted by Crippen LogP contribution is -2.25. The fourth-order valence-electron chi connectivity index (χ4n) is 1.48. The first-order valence-corrected chi connectivity index (χ1v) is 4.21. The first-order valence-electron chi connectivity index (χ1n) is 4.21. The quantitative estimate of drug-likeness (QED) is 0.503. The van der Waals surface area contributed by atoms with Crippen LogP contribution < -0.4 is 0 Å². The molecule has 1 aromatic carbocycles. The number of carbonyl (C=O) groups is 1. The Morgan fingerprint density at radius 1 is 1.31 bits per heavy atom. The second-order valence-electron chi connectivity index (χ2n) is 2.99. The van der Waals surface area contributed by atoms with Crippen molar-refractivity contribution >= 4 is 6.29 Å². The molecule has 0 spiro atoms. The van der Waals surface area contributed by atoms with E-state index in [0.717, 1.165) is 11.8 Å². The van der Waals surface area contributed by atoms with Crippen LogP contribution in [0, 0.1) is 0 Å². The molecule has 0 aliphatic carbocycles. The fourth-order valence-corrected chi connectivity index (χ4v) is 1.48. The molecule has 2 nitrogen and oxygen atoms in total. The number of carbonyl (C=O) groups excluding carboxylic acids is 1. The predicted octanol–water partition coefficient (Wildman–Crippen LogP) is 1.67. The Hall–Kier alpha value is -1.41. The SMILES string of the molecule is O=CC1(c2ccccc2)C=CCO1. The molecule has 1 aromatic rings. The normalized spacial score (nSPS) is 26.2. The minimum absolute atomic E-state index is 0.508. The number of hydrogen-bond acceptors (Lipinski definition) is 2. The molecule has 2 heteroatoms. The van der Waals surface area contributed by atoms with Crippen LogP contribution in [-0.4, -0.2) is 12.9 Å². The van der Waals surface area contributed by atoms with Crippen molar-refractivity contribution in [3.8, 4) is 0 Å². The van der Waals surface area contributed by atoms with Crippen molar-refractivity contribution in [3.05, 3.63) is 48.0 Å². The highest BCUT2D eigenvalue weighted by Crippen LogP contribution is 2.28. The molecule has 0 saturated heterocycles. The van der Waals surface area contributed by atoms with Gasteiger partial charge in [-0.1, -0.05) is 36.4 Å². The molecule has 0 fully saturated rings. The van der Waals surface area contributed by atoms with Gasteiger partial charge in [-0.05, 0) is 11.6 Å². The molecule has 0 N–H and O–H groups in total. The summed E-state index contributed by atoms with van der Waals surface area (Å²) >= 11 is 0. The van der Waals surface area contributed by atoms with Crippen LogP contribution in [0.15, 0.2) is 42.5 Å². The van der Waals surface area contributed by atoms with Crippen LogP contribution in [-0.2, 0) is 15.1 Å². The van der Waals surface area contributed by atoms with Gasteiger partial charge in [0, 0.05) is 0 Å². The first-order chi connectivity index (χ1) is 6.37. The number of aldehydes is 1. The van der Waals surface area contributed by atoms with E-state index in [1.165, 1.54) is 0 Å². The molecule has 0 radical (unpaired) electrons. The Labute approximate surface area is 76.8 Å². The molecule has 1 atom stereocenters. The molecule has 13 heavy (non-hydrogen) atoms. The molecule has 1 unspecified atom stereocenters. The highest BCUT2D eigenvalue weighted by atomic mass is 16.5. The van der Waals surface area contributed by atoms with Gasteiger partial charge in [0.1, 0.15) is 0 Å². The van der Waals surface area contributed by atoms with Crippen molar-refractivity contribution < 1.29 is 9.53 Å². The monoisotopic (exact) mass is 174 g/mol. The molecule has 66 valence electrons. The maximum Gasteiger partial charge on any atom is 0.167 e. The predicted molar refractivity (Wildman–Crippen MR) is 49.3 cm³/mol. The third kappa shape index (κ3) is 1.29. The molecule has 1 heterocycles. The molecule has 1 aliphatic rings. The third-order valence-corrected chi connectivity index (χ3v) is 2.18. The van der Waals surface area contributed by atoms with Gasteiger partial charge in [-0.2, -0.15) is 0 Å². The van der Waals surface area contributed by atoms with Crippen LogP contribution in [0.3, 0.4) is 0 Å². The Bertz CT molecular complexity index is 329. The summed E-state index contributed by atoms with van der Waals surface area (Å²) < 4.78 is 5.40. The van der Waals surface area contributed by atoms with E-state index in [9.17, 15) is 4.79 Å². The number of benzene rings is 1. The van der Waals surface area contributed by atoms with Crippen LogP contribution >= 0.6 is 0 Å². The van der Waals surface area contributed by atoms with E-state index in [1.807, 2.05) is 36.4 Å². The lowest BCUT2D eigenvalue weighted by atomic mass is 9.96. The first kappa shape index (κ1) is 8.20. The van der Waals surface area contributed by atoms with Crippen molar-refractivity contribution in [1.29, 1.82) is 0 Å². The zero-order valence-electron chi connectivity index (χ0n) is 7.14. The van der Waals surface area contributed by atoms with Crippen LogP contribution in [0.1, 0.15) is 5.56 Å². The molecular weight excluding hydrogens is 164 g/mol. The topological polar surface area (TPSA) is 26.3 Å². The summed E-state index contributed by atoms with van der Waals surface area (Å²) in [5.74, 6) is 0. The maximum atomic E-state index is 11.0. The van der Waals surface area contributed by atoms with E-state index in [0.29, 0.717) is 6.61 Å². The summed E-state index contributed by atoms with van der Waals surface area (Å²) in [7, 11) is 0. The van der Waals surface area contributed by atoms with Crippen molar-refractivity contribution in [1.82, 2.24) is 0 Å². The minimum Gasteiger partial charge on any atom is -0.355 e. The highest BCUT2D eigenvalue weighted by Gasteiger charge is 2.32. The number of rotatable bonds is 2. The minimum atomic E-state index is -0.832. The Morgan fingerprint density at radius 3 is 2.62 bits per heavy atom. The van der Waals surface area contributed by atoms with E-state index >= 15 is 0 Å². The van der Waals surface area contributed by atoms with Gasteiger partial charge in [0.25, 0.3) is 0 Å². The van der Waals surface area contributed by atoms with Crippen molar-refractivity contribution in [2.24, 2.45) is 0 Å². The average Bonchev–Trinajstić information content (AvgIpc) is 2.69. The van der Waals surface area contributed by atoms with Gasteiger partial charge >= 0.3 is 0 Å². The number of hydrogen-bond donors (Lipinski definition) is 0. The van der Waals surface area contributed by atoms with Crippen molar-refractivity contribution in [2.45, 2.75) is 5.60 Å². The molecule has 0 saturated carbocycles. The Balaban J connectivity index is 2.43. The maximum absolute atomic E-state index is 11.0. The molecule has 0 aromatic heterocycles. The summed E-state index contributed by atoms with van der Waals surface area (Å²) in [5.41, 5.74) is 0.0556. The lowest BCUT2D eigenvalue weighted by molar-refractivity contribution is -0.123. The van der Waals surface area contributed by atoms with Crippen molar-refractivity contribution in [2.75, 3.05) is 6.61 Å². The Kier molecular flexibility index (Phi) is 1.99. The van der Waals surface area contributed by atoms with Gasteiger partial charge in [-0.15, -0.1) is 0 Å². The van der Waals surface area contributed by atoms with Gasteiger partial charge in [0.15, 0.2) is 11.9 Å². The van der Waals surface area contributed by atoms with Crippen LogP contribution in [0.4, 0.5) is 0 Å². The van der Waals surface area contributed by atoms with Gasteiger partial charge in [0.05, 0.1) is 6.61 Å². The largest absolute Gasteiger partial charge is 0.355 e. The van der Waals surface area contributed by atoms with E-state index in [4.69, 9.17) is 4.74 Å². The summed E-state index contributed by atoms with van der Waals surface area (Å²) in [4.78, 5) is 11.0. The Morgan fingerprint density at radius 2 is 2.08 bits per heavy atom. The van der Waals surface area contributed by atoms with E-state index in [-0.39, 0.29) is 0 Å². The lowest BCUT2D eigenvalue weighted by Gasteiger charge is -2.20. The van der Waals surface area contributed by atoms with Gasteiger partial charge in [-0.25, -0.2) is 0 Å². The molecular formula is C11H10O2. The summed E-state index contributed by atoms with van der Waals surface area (Å²) in [6, 6.07) is 9.50. The fraction of sp³-hybridized carbons (Fsp3) is 0.182. The average molecular weight is 174 g/mol. The highest BCUT2D eigenvalue weighted by molar-refractivity contribution is 5.70. The van der Waals surface area contributed by atoms with E-state index in [1.54, 1.807) is 6.08 Å². The van der Waals surface area contributed by atoms with Gasteiger partial charge < -0.3 is 4.74 Å². The summed E-state index contributed by atoms with van der Waals surface area (Å²) in [6.45, 7) is 0.508. The standard InChI is InChI=1S/C11H10O2/c12-9-11(7-4-8-13-11)10-5-2-1-3-6-10/h1-7,9H,8H2. The second-order valence-corrected chi connectivity index (χ2v) is 2.99. The van der Waals surface area contributed by atoms with Crippen molar-refractivity contribution in [3.63, 3.8) is 0 Å². The summed E-state index contributed by atoms with van der Waals surface area (Å²) in [5, 5.41) is 0. The second kappa shape index (κ2) is 3.15. The molecule has 2 rings (SSSR count). The molecule has 0 bridgehead atoms. The van der Waals surface area contributed by atoms with Crippen LogP contribution in [0.25, 0.3) is 0 Å². The number of ether oxygens (including phenoxy) is 1. The third-order valence-electron chi connectivity index (χ3n) is 2.18. The van der Waals surface area contributed by atoms with Gasteiger partial charge in [0.2, 0.25) is 0 Å². The zero-order chi connectivity index (χ0) is 9.15. The van der Waals surface area contributed by atoms with Crippen LogP contribution in [0.5, 0.6) is 0 Å². The van der Waals surface area contributed by atoms with E-state index < -0.39 is 5.60 Å². The smallest absolute Gasteiger partial charge is 0.167 e. The van der Waals surface area contributed by atoms with Gasteiger partial charge in [-0.3, -0.25) is 4.79 Å². The molecule has 1 aliphatic heterocycles. The zero-order valence-corrected chi connectivity index (χ0v) is 7.14. The summed E-state index contributed by atoms with van der Waals surface area (Å²) in [6.07, 6.45) is 4.50.